The molecule has 8 heteroatoms. The highest BCUT2D eigenvalue weighted by molar-refractivity contribution is 7.89. The van der Waals surface area contributed by atoms with Gasteiger partial charge in [-0.15, -0.1) is 0 Å². The van der Waals surface area contributed by atoms with E-state index in [0.717, 1.165) is 6.54 Å². The molecule has 0 saturated carbocycles. The molecule has 0 aliphatic rings. The number of carbonyl (C=O) groups excluding carboxylic acids is 1. The van der Waals surface area contributed by atoms with Crippen molar-refractivity contribution >= 4 is 15.9 Å². The average molecular weight is 343 g/mol. The van der Waals surface area contributed by atoms with Crippen molar-refractivity contribution in [2.45, 2.75) is 31.7 Å². The zero-order chi connectivity index (χ0) is 17.3. The largest absolute Gasteiger partial charge is 0.496 e. The van der Waals surface area contributed by atoms with Crippen molar-refractivity contribution in [1.82, 2.24) is 15.4 Å². The first-order valence-electron chi connectivity index (χ1n) is 7.58. The van der Waals surface area contributed by atoms with Gasteiger partial charge in [0.1, 0.15) is 5.75 Å². The zero-order valence-electron chi connectivity index (χ0n) is 13.8. The van der Waals surface area contributed by atoms with Gasteiger partial charge in [-0.25, -0.2) is 13.1 Å². The van der Waals surface area contributed by atoms with E-state index >= 15 is 0 Å². The van der Waals surface area contributed by atoms with Crippen LogP contribution in [0.5, 0.6) is 5.75 Å². The van der Waals surface area contributed by atoms with E-state index in [1.165, 1.54) is 19.2 Å². The van der Waals surface area contributed by atoms with Crippen molar-refractivity contribution in [3.63, 3.8) is 0 Å². The summed E-state index contributed by atoms with van der Waals surface area (Å²) in [6.45, 7) is 5.58. The van der Waals surface area contributed by atoms with Crippen LogP contribution >= 0.6 is 0 Å². The third kappa shape index (κ3) is 6.17. The molecule has 0 unspecified atom stereocenters. The minimum atomic E-state index is -3.59. The molecule has 1 rings (SSSR count). The molecule has 0 heterocycles. The fraction of sp³-hybridized carbons (Fsp3) is 0.533. The molecule has 130 valence electrons. The van der Waals surface area contributed by atoms with Crippen LogP contribution in [-0.2, 0) is 21.4 Å². The van der Waals surface area contributed by atoms with Gasteiger partial charge in [0.2, 0.25) is 15.9 Å². The Bertz CT molecular complexity index is 617. The molecule has 0 spiro atoms. The number of sulfonamides is 1. The number of nitrogens with one attached hydrogen (secondary N) is 3. The number of rotatable bonds is 10. The molecule has 0 radical (unpaired) electrons. The second kappa shape index (κ2) is 9.49. The summed E-state index contributed by atoms with van der Waals surface area (Å²) in [5, 5.41) is 5.76. The topological polar surface area (TPSA) is 96.5 Å². The van der Waals surface area contributed by atoms with Crippen LogP contribution in [-0.4, -0.2) is 41.1 Å². The number of ether oxygens (including phenoxy) is 1. The van der Waals surface area contributed by atoms with Crippen molar-refractivity contribution in [2.75, 3.05) is 26.7 Å². The van der Waals surface area contributed by atoms with E-state index < -0.39 is 10.0 Å². The van der Waals surface area contributed by atoms with Crippen LogP contribution in [0.1, 0.15) is 25.8 Å². The maximum Gasteiger partial charge on any atom is 0.240 e. The molecule has 1 aromatic rings. The van der Waals surface area contributed by atoms with Crippen molar-refractivity contribution in [2.24, 2.45) is 0 Å². The Kier molecular flexibility index (Phi) is 8.01. The highest BCUT2D eigenvalue weighted by Crippen LogP contribution is 2.22. The van der Waals surface area contributed by atoms with Gasteiger partial charge in [0.15, 0.2) is 0 Å². The summed E-state index contributed by atoms with van der Waals surface area (Å²) in [6.07, 6.45) is 0.367. The summed E-state index contributed by atoms with van der Waals surface area (Å²) < 4.78 is 32.3. The normalized spacial score (nSPS) is 11.3. The maximum absolute atomic E-state index is 12.3. The fourth-order valence-corrected chi connectivity index (χ4v) is 3.00. The number of benzene rings is 1. The predicted octanol–water partition coefficient (Wildman–Crippen LogP) is 0.609. The number of hydrogen-bond donors (Lipinski definition) is 3. The average Bonchev–Trinajstić information content (AvgIpc) is 2.56. The minimum absolute atomic E-state index is 0.107. The molecule has 1 amide bonds. The number of likely N-dealkylation sites (N-methyl/N-ethyl adjacent to an activating group) is 1. The Hall–Kier alpha value is -1.64. The van der Waals surface area contributed by atoms with Gasteiger partial charge in [0.25, 0.3) is 0 Å². The molecule has 23 heavy (non-hydrogen) atoms. The first-order valence-corrected chi connectivity index (χ1v) is 9.06. The highest BCUT2D eigenvalue weighted by atomic mass is 32.2. The maximum atomic E-state index is 12.3. The summed E-state index contributed by atoms with van der Waals surface area (Å²) in [4.78, 5) is 11.5. The van der Waals surface area contributed by atoms with E-state index in [2.05, 4.69) is 15.4 Å². The third-order valence-corrected chi connectivity index (χ3v) is 4.66. The van der Waals surface area contributed by atoms with Gasteiger partial charge in [0.05, 0.1) is 12.0 Å². The van der Waals surface area contributed by atoms with Gasteiger partial charge >= 0.3 is 0 Å². The van der Waals surface area contributed by atoms with E-state index in [0.29, 0.717) is 30.8 Å². The SMILES string of the molecule is CCNCCNS(=O)(=O)c1ccc(OC)c(CNC(=O)CC)c1. The Morgan fingerprint density at radius 2 is 1.96 bits per heavy atom. The highest BCUT2D eigenvalue weighted by Gasteiger charge is 2.16. The van der Waals surface area contributed by atoms with Gasteiger partial charge in [-0.2, -0.15) is 0 Å². The van der Waals surface area contributed by atoms with Crippen LogP contribution in [0.3, 0.4) is 0 Å². The Morgan fingerprint density at radius 1 is 1.22 bits per heavy atom. The molecule has 0 saturated heterocycles. The first-order chi connectivity index (χ1) is 10.9. The number of hydrogen-bond acceptors (Lipinski definition) is 5. The quantitative estimate of drug-likeness (QED) is 0.541. The minimum Gasteiger partial charge on any atom is -0.496 e. The van der Waals surface area contributed by atoms with E-state index in [-0.39, 0.29) is 17.3 Å². The summed E-state index contributed by atoms with van der Waals surface area (Å²) >= 11 is 0. The van der Waals surface area contributed by atoms with Gasteiger partial charge in [-0.05, 0) is 24.7 Å². The number of carbonyl (C=O) groups is 1. The van der Waals surface area contributed by atoms with Crippen LogP contribution in [0.4, 0.5) is 0 Å². The lowest BCUT2D eigenvalue weighted by Gasteiger charge is -2.12. The summed E-state index contributed by atoms with van der Waals surface area (Å²) in [5.41, 5.74) is 0.615. The molecule has 7 nitrogen and oxygen atoms in total. The lowest BCUT2D eigenvalue weighted by Crippen LogP contribution is -2.32. The summed E-state index contributed by atoms with van der Waals surface area (Å²) in [7, 11) is -2.09. The van der Waals surface area contributed by atoms with Gasteiger partial charge in [-0.1, -0.05) is 13.8 Å². The molecule has 0 bridgehead atoms. The molecule has 0 aliphatic heterocycles. The van der Waals surface area contributed by atoms with Gasteiger partial charge < -0.3 is 15.4 Å². The van der Waals surface area contributed by atoms with Gasteiger partial charge in [-0.3, -0.25) is 4.79 Å². The second-order valence-electron chi connectivity index (χ2n) is 4.86. The Labute approximate surface area is 137 Å². The predicted molar refractivity (Wildman–Crippen MR) is 88.9 cm³/mol. The fourth-order valence-electron chi connectivity index (χ4n) is 1.91. The Morgan fingerprint density at radius 3 is 2.57 bits per heavy atom. The molecular weight excluding hydrogens is 318 g/mol. The Balaban J connectivity index is 2.88. The molecule has 0 aromatic heterocycles. The van der Waals surface area contributed by atoms with Crippen molar-refractivity contribution in [3.8, 4) is 5.75 Å². The van der Waals surface area contributed by atoms with Crippen LogP contribution < -0.4 is 20.1 Å². The standard InChI is InChI=1S/C15H25N3O4S/c1-4-15(19)17-11-12-10-13(6-7-14(12)22-3)23(20,21)18-9-8-16-5-2/h6-7,10,16,18H,4-5,8-9,11H2,1-3H3,(H,17,19). The van der Waals surface area contributed by atoms with Gasteiger partial charge in [0, 0.05) is 31.6 Å². The zero-order valence-corrected chi connectivity index (χ0v) is 14.6. The van der Waals surface area contributed by atoms with Crippen LogP contribution in [0.25, 0.3) is 0 Å². The number of methoxy groups -OCH3 is 1. The van der Waals surface area contributed by atoms with Crippen LogP contribution in [0.15, 0.2) is 23.1 Å². The van der Waals surface area contributed by atoms with Crippen LogP contribution in [0.2, 0.25) is 0 Å². The van der Waals surface area contributed by atoms with Crippen LogP contribution in [0, 0.1) is 0 Å². The first kappa shape index (κ1) is 19.4. The van der Waals surface area contributed by atoms with E-state index in [4.69, 9.17) is 4.74 Å². The lowest BCUT2D eigenvalue weighted by molar-refractivity contribution is -0.120. The van der Waals surface area contributed by atoms with Crippen molar-refractivity contribution in [3.05, 3.63) is 23.8 Å². The smallest absolute Gasteiger partial charge is 0.240 e. The molecule has 0 fully saturated rings. The molecule has 3 N–H and O–H groups in total. The second-order valence-corrected chi connectivity index (χ2v) is 6.62. The third-order valence-electron chi connectivity index (χ3n) is 3.20. The summed E-state index contributed by atoms with van der Waals surface area (Å²) in [6, 6.07) is 4.59. The molecular formula is C15H25N3O4S. The van der Waals surface area contributed by atoms with E-state index in [1.807, 2.05) is 6.92 Å². The number of amides is 1. The van der Waals surface area contributed by atoms with Crippen molar-refractivity contribution < 1.29 is 17.9 Å². The van der Waals surface area contributed by atoms with E-state index in [9.17, 15) is 13.2 Å². The van der Waals surface area contributed by atoms with Crippen molar-refractivity contribution in [1.29, 1.82) is 0 Å². The monoisotopic (exact) mass is 343 g/mol. The lowest BCUT2D eigenvalue weighted by atomic mass is 10.2. The molecule has 0 aliphatic carbocycles. The summed E-state index contributed by atoms with van der Waals surface area (Å²) in [5.74, 6) is 0.428. The molecule has 0 atom stereocenters. The molecule has 1 aromatic carbocycles. The van der Waals surface area contributed by atoms with E-state index in [1.54, 1.807) is 13.0 Å².